The third-order valence-corrected chi connectivity index (χ3v) is 6.36. The van der Waals surface area contributed by atoms with Gasteiger partial charge >= 0.3 is 0 Å². The summed E-state index contributed by atoms with van der Waals surface area (Å²) in [5, 5.41) is 10.8. The second-order valence-corrected chi connectivity index (χ2v) is 8.40. The Hall–Kier alpha value is -1.65. The molecule has 0 bridgehead atoms. The highest BCUT2D eigenvalue weighted by atomic mass is 32.1. The van der Waals surface area contributed by atoms with Crippen LogP contribution in [0.25, 0.3) is 0 Å². The summed E-state index contributed by atoms with van der Waals surface area (Å²) in [6.07, 6.45) is 2.32. The quantitative estimate of drug-likeness (QED) is 0.836. The minimum absolute atomic E-state index is 0.0751. The molecule has 4 nitrogen and oxygen atoms in total. The lowest BCUT2D eigenvalue weighted by Crippen LogP contribution is -2.22. The summed E-state index contributed by atoms with van der Waals surface area (Å²) in [7, 11) is 3.58. The number of carbonyl (C=O) groups is 1. The van der Waals surface area contributed by atoms with Crippen molar-refractivity contribution in [1.82, 2.24) is 9.80 Å². The predicted octanol–water partition coefficient (Wildman–Crippen LogP) is 3.19. The molecule has 1 aliphatic rings. The smallest absolute Gasteiger partial charge is 0.263 e. The van der Waals surface area contributed by atoms with Crippen molar-refractivity contribution in [3.63, 3.8) is 0 Å². The summed E-state index contributed by atoms with van der Waals surface area (Å²) >= 11 is 3.33. The van der Waals surface area contributed by atoms with Gasteiger partial charge in [0, 0.05) is 47.4 Å². The van der Waals surface area contributed by atoms with Crippen LogP contribution in [0.5, 0.6) is 0 Å². The van der Waals surface area contributed by atoms with Crippen LogP contribution in [-0.2, 0) is 6.54 Å². The summed E-state index contributed by atoms with van der Waals surface area (Å²) in [5.74, 6) is 5.73. The first kappa shape index (κ1) is 18.2. The Bertz CT molecular complexity index is 798. The predicted molar refractivity (Wildman–Crippen MR) is 103 cm³/mol. The second-order valence-electron chi connectivity index (χ2n) is 6.29. The van der Waals surface area contributed by atoms with Gasteiger partial charge in [0.05, 0.1) is 4.88 Å². The Morgan fingerprint density at radius 3 is 3.04 bits per heavy atom. The normalized spacial score (nSPS) is 17.3. The zero-order valence-corrected chi connectivity index (χ0v) is 16.1. The molecule has 25 heavy (non-hydrogen) atoms. The summed E-state index contributed by atoms with van der Waals surface area (Å²) in [6.45, 7) is 1.88. The summed E-state index contributed by atoms with van der Waals surface area (Å²) in [4.78, 5) is 19.6. The van der Waals surface area contributed by atoms with Gasteiger partial charge in [0.1, 0.15) is 6.61 Å². The molecule has 2 aromatic heterocycles. The molecule has 1 atom stereocenters. The van der Waals surface area contributed by atoms with E-state index in [0.29, 0.717) is 6.04 Å². The molecule has 1 saturated heterocycles. The van der Waals surface area contributed by atoms with Crippen molar-refractivity contribution in [2.75, 3.05) is 27.2 Å². The van der Waals surface area contributed by atoms with Gasteiger partial charge in [0.15, 0.2) is 0 Å². The molecule has 0 spiro atoms. The molecule has 1 aliphatic heterocycles. The van der Waals surface area contributed by atoms with Crippen LogP contribution in [0.2, 0.25) is 0 Å². The van der Waals surface area contributed by atoms with Gasteiger partial charge in [-0.25, -0.2) is 0 Å². The lowest BCUT2D eigenvalue weighted by molar-refractivity contribution is 0.0832. The fourth-order valence-corrected chi connectivity index (χ4v) is 5.12. The van der Waals surface area contributed by atoms with Crippen molar-refractivity contribution >= 4 is 28.6 Å². The molecule has 0 aromatic carbocycles. The molecule has 0 unspecified atom stereocenters. The molecular weight excluding hydrogens is 352 g/mol. The van der Waals surface area contributed by atoms with Gasteiger partial charge in [-0.05, 0) is 37.6 Å². The maximum atomic E-state index is 12.1. The van der Waals surface area contributed by atoms with Gasteiger partial charge in [-0.1, -0.05) is 11.8 Å². The summed E-state index contributed by atoms with van der Waals surface area (Å²) in [6, 6.07) is 6.56. The molecular formula is C19H22N2O2S2. The van der Waals surface area contributed by atoms with Crippen LogP contribution in [-0.4, -0.2) is 48.1 Å². The topological polar surface area (TPSA) is 43.8 Å². The van der Waals surface area contributed by atoms with E-state index in [9.17, 15) is 4.79 Å². The maximum Gasteiger partial charge on any atom is 0.263 e. The van der Waals surface area contributed by atoms with E-state index in [1.165, 1.54) is 16.2 Å². The highest BCUT2D eigenvalue weighted by molar-refractivity contribution is 7.14. The van der Waals surface area contributed by atoms with Crippen molar-refractivity contribution in [3.8, 4) is 11.8 Å². The van der Waals surface area contributed by atoms with E-state index in [1.54, 1.807) is 41.7 Å². The average Bonchev–Trinajstić information content (AvgIpc) is 3.33. The fraction of sp³-hybridized carbons (Fsp3) is 0.421. The van der Waals surface area contributed by atoms with E-state index in [-0.39, 0.29) is 12.5 Å². The molecule has 3 heterocycles. The van der Waals surface area contributed by atoms with E-state index >= 15 is 0 Å². The minimum Gasteiger partial charge on any atom is -0.384 e. The lowest BCUT2D eigenvalue weighted by atomic mass is 10.2. The molecule has 2 aromatic rings. The Kier molecular flexibility index (Phi) is 5.92. The molecule has 132 valence electrons. The SMILES string of the molecule is CN(C)C(=O)c1ccc([C@H]2CCCN2Cc2cc(C#CCO)cs2)s1. The number of hydrogen-bond donors (Lipinski definition) is 1. The van der Waals surface area contributed by atoms with E-state index < -0.39 is 0 Å². The van der Waals surface area contributed by atoms with Crippen LogP contribution >= 0.6 is 22.7 Å². The number of nitrogens with zero attached hydrogens (tertiary/aromatic N) is 2. The van der Waals surface area contributed by atoms with Crippen LogP contribution in [0.15, 0.2) is 23.6 Å². The van der Waals surface area contributed by atoms with Crippen molar-refractivity contribution in [2.24, 2.45) is 0 Å². The molecule has 1 fully saturated rings. The van der Waals surface area contributed by atoms with Gasteiger partial charge in [0.2, 0.25) is 0 Å². The van der Waals surface area contributed by atoms with Crippen molar-refractivity contribution in [2.45, 2.75) is 25.4 Å². The molecule has 0 aliphatic carbocycles. The van der Waals surface area contributed by atoms with Gasteiger partial charge in [0.25, 0.3) is 5.91 Å². The number of hydrogen-bond acceptors (Lipinski definition) is 5. The van der Waals surface area contributed by atoms with Crippen LogP contribution < -0.4 is 0 Å². The number of likely N-dealkylation sites (tertiary alicyclic amines) is 1. The zero-order chi connectivity index (χ0) is 17.8. The number of thiophene rings is 2. The fourth-order valence-electron chi connectivity index (χ4n) is 3.08. The molecule has 1 amide bonds. The monoisotopic (exact) mass is 374 g/mol. The van der Waals surface area contributed by atoms with Crippen LogP contribution in [0, 0.1) is 11.8 Å². The van der Waals surface area contributed by atoms with Crippen LogP contribution in [0.3, 0.4) is 0 Å². The van der Waals surface area contributed by atoms with Gasteiger partial charge in [-0.3, -0.25) is 9.69 Å². The number of amides is 1. The van der Waals surface area contributed by atoms with Gasteiger partial charge in [-0.15, -0.1) is 22.7 Å². The van der Waals surface area contributed by atoms with Crippen LogP contribution in [0.1, 0.15) is 43.9 Å². The highest BCUT2D eigenvalue weighted by Gasteiger charge is 2.28. The Balaban J connectivity index is 1.70. The standard InChI is InChI=1S/C19H22N2O2S2/c1-20(2)19(23)18-8-7-17(25-18)16-6-3-9-21(16)12-15-11-14(13-24-15)5-4-10-22/h7-8,11,13,16,22H,3,6,9-10,12H2,1-2H3/t16-/m1/s1. The molecule has 3 rings (SSSR count). The largest absolute Gasteiger partial charge is 0.384 e. The van der Waals surface area contributed by atoms with Crippen LogP contribution in [0.4, 0.5) is 0 Å². The van der Waals surface area contributed by atoms with Crippen molar-refractivity contribution in [3.05, 3.63) is 43.8 Å². The third kappa shape index (κ3) is 4.31. The number of aliphatic hydroxyl groups excluding tert-OH is 1. The van der Waals surface area contributed by atoms with E-state index in [2.05, 4.69) is 28.9 Å². The Labute approximate surface area is 156 Å². The number of aliphatic hydroxyl groups is 1. The minimum atomic E-state index is -0.105. The Morgan fingerprint density at radius 2 is 2.28 bits per heavy atom. The summed E-state index contributed by atoms with van der Waals surface area (Å²) < 4.78 is 0. The van der Waals surface area contributed by atoms with Gasteiger partial charge in [-0.2, -0.15) is 0 Å². The van der Waals surface area contributed by atoms with Crippen molar-refractivity contribution in [1.29, 1.82) is 0 Å². The van der Waals surface area contributed by atoms with Crippen molar-refractivity contribution < 1.29 is 9.90 Å². The first-order chi connectivity index (χ1) is 12.1. The first-order valence-corrected chi connectivity index (χ1v) is 10.0. The first-order valence-electron chi connectivity index (χ1n) is 8.31. The molecule has 0 saturated carbocycles. The summed E-state index contributed by atoms with van der Waals surface area (Å²) in [5.41, 5.74) is 0.972. The highest BCUT2D eigenvalue weighted by Crippen LogP contribution is 2.37. The number of rotatable bonds is 4. The maximum absolute atomic E-state index is 12.1. The molecule has 0 radical (unpaired) electrons. The van der Waals surface area contributed by atoms with E-state index in [4.69, 9.17) is 5.11 Å². The Morgan fingerprint density at radius 1 is 1.44 bits per heavy atom. The van der Waals surface area contributed by atoms with Gasteiger partial charge < -0.3 is 10.0 Å². The lowest BCUT2D eigenvalue weighted by Gasteiger charge is -2.22. The van der Waals surface area contributed by atoms with E-state index in [1.807, 2.05) is 11.4 Å². The molecule has 6 heteroatoms. The van der Waals surface area contributed by atoms with E-state index in [0.717, 1.165) is 30.0 Å². The average molecular weight is 375 g/mol. The number of carbonyl (C=O) groups excluding carboxylic acids is 1. The zero-order valence-electron chi connectivity index (χ0n) is 14.5. The third-order valence-electron chi connectivity index (χ3n) is 4.26. The second kappa shape index (κ2) is 8.15. The molecule has 1 N–H and O–H groups in total.